The van der Waals surface area contributed by atoms with Crippen molar-refractivity contribution in [2.45, 2.75) is 171 Å². The molecule has 30 nitrogen and oxygen atoms in total. The van der Waals surface area contributed by atoms with E-state index in [0.717, 1.165) is 102 Å². The number of aliphatic hydroxyl groups is 1. The molecule has 12 N–H and O–H groups in total. The van der Waals surface area contributed by atoms with Crippen molar-refractivity contribution in [2.75, 3.05) is 83.2 Å². The molecule has 0 heterocycles. The first-order valence-electron chi connectivity index (χ1n) is 44.7. The number of nitrogens with one attached hydrogen (secondary N) is 9. The third kappa shape index (κ3) is 110. The average Bonchev–Trinajstić information content (AvgIpc) is 0.834. The van der Waals surface area contributed by atoms with Gasteiger partial charge in [-0.05, 0) is 200 Å². The lowest BCUT2D eigenvalue weighted by Gasteiger charge is -2.21. The third-order valence-corrected chi connectivity index (χ3v) is 15.3. The lowest BCUT2D eigenvalue weighted by Crippen LogP contribution is -2.39. The highest BCUT2D eigenvalue weighted by atomic mass is 16.5. The molecular weight excluding hydrogens is 1770 g/mol. The zero-order valence-corrected chi connectivity index (χ0v) is 85.1. The number of carbonyl (C=O) groups is 14. The standard InChI is InChI=1S/2C13H11NO.C11H21NO.C9H15NO3.C9H15NO.C9H9NO.C7H13NO.C6H9NO3.C6H12O.C5H9NO2.C5H9NO.C4H6O2.C3H5NO.3C3H6/c1-2-13(15)14-12-9-5-7-10-6-3-4-8-11(10)12;1-2-13(15)14-12-8-7-10-5-3-4-6-11(10)9-12;1-4-7-8-10(5-2)9-12-11(13)6-3;1-3-8(11)10-7-5-6-9(12)13-4-2;2*1-2-9(11)10-8-6-4-3-5-7-8;1-5-6(9)8-7(2,3)4;1-3-5(8)7-4-6(9)10-2;1-3-5-6-7-4-2;1-2-5(8)6-3-4-7;1-4-5(7)6(2)3;1-3-6-4(2)5;1-2-3(4)5;3*1-3-2/h2*2-9H,1H2,(H,14,15);6,10H,3-5,7-9H2,1-2H3,(H,12,13);3H,1,4-7H2,2H3,(H,10,11);2,8H,1,3-7H2,(H,10,11);2-7H,1H2,(H,10,11);5H,1H2,2-4H3,(H,8,9);3H,1,4H2,2H3,(H,7,8);4H,2-3,5-6H2,1H3;2,7H,1,3-4H2,(H,6,8);4H,1H2,2-3H3;3H,1H2,2H3;2H,1H2,(H2,4,5);3*3H,1H2,2H3. The number of para-hydroxylation sites is 1. The Balaban J connectivity index is -0.000000162. The first-order chi connectivity index (χ1) is 66.0. The smallest absolute Gasteiger partial charge is 0.325 e. The molecule has 0 aliphatic heterocycles. The maximum Gasteiger partial charge on any atom is 0.325 e. The monoisotopic (exact) mass is 1930 g/mol. The number of amides is 11. The topological polar surface area (TPSA) is 434 Å². The van der Waals surface area contributed by atoms with Crippen molar-refractivity contribution >= 4 is 121 Å². The molecule has 0 spiro atoms. The van der Waals surface area contributed by atoms with E-state index in [9.17, 15) is 67.1 Å². The summed E-state index contributed by atoms with van der Waals surface area (Å²) in [6.07, 6.45) is 35.5. The number of hydrogen-bond acceptors (Lipinski definition) is 19. The number of esters is 3. The molecular formula is C109H163N11O19. The molecule has 0 aromatic heterocycles. The number of nitrogens with two attached hydrogens (primary N) is 1. The number of fused-ring (bicyclic) bond motifs is 2. The van der Waals surface area contributed by atoms with Gasteiger partial charge >= 0.3 is 17.9 Å². The number of methoxy groups -OCH3 is 1. The maximum atomic E-state index is 11.2. The quantitative estimate of drug-likeness (QED) is 0.00448. The van der Waals surface area contributed by atoms with Gasteiger partial charge in [0, 0.05) is 81.1 Å². The van der Waals surface area contributed by atoms with Gasteiger partial charge in [-0.2, -0.15) is 0 Å². The van der Waals surface area contributed by atoms with Crippen molar-refractivity contribution in [3.05, 3.63) is 318 Å². The second-order valence-electron chi connectivity index (χ2n) is 28.4. The van der Waals surface area contributed by atoms with Crippen LogP contribution in [-0.2, 0) is 86.1 Å². The van der Waals surface area contributed by atoms with Gasteiger partial charge in [-0.25, -0.2) is 0 Å². The highest BCUT2D eigenvalue weighted by Crippen LogP contribution is 2.23. The van der Waals surface area contributed by atoms with Crippen LogP contribution in [0.1, 0.15) is 160 Å². The number of unbranched alkanes of at least 4 members (excludes halogenated alkanes) is 2. The fraction of sp³-hybridized carbons (Fsp3) is 0.339. The molecule has 0 bridgehead atoms. The summed E-state index contributed by atoms with van der Waals surface area (Å²) >= 11 is 0. The summed E-state index contributed by atoms with van der Waals surface area (Å²) in [5.74, 6) is -2.57. The number of nitrogens with zero attached hydrogens (tertiary/aromatic N) is 1. The summed E-state index contributed by atoms with van der Waals surface area (Å²) in [6, 6.07) is 37.2. The van der Waals surface area contributed by atoms with Gasteiger partial charge in [0.05, 0.1) is 39.5 Å². The van der Waals surface area contributed by atoms with Crippen LogP contribution in [0.25, 0.3) is 21.5 Å². The van der Waals surface area contributed by atoms with Crippen LogP contribution in [0, 0.1) is 5.92 Å². The summed E-state index contributed by atoms with van der Waals surface area (Å²) in [7, 11) is 4.62. The molecule has 0 saturated heterocycles. The Kier molecular flexibility index (Phi) is 110. The average molecular weight is 1930 g/mol. The van der Waals surface area contributed by atoms with E-state index in [1.165, 1.54) is 119 Å². The zero-order valence-electron chi connectivity index (χ0n) is 85.1. The van der Waals surface area contributed by atoms with E-state index < -0.39 is 11.9 Å². The molecule has 1 unspecified atom stereocenters. The van der Waals surface area contributed by atoms with Gasteiger partial charge in [0.1, 0.15) is 6.54 Å². The van der Waals surface area contributed by atoms with E-state index in [-0.39, 0.29) is 89.7 Å². The molecule has 5 aromatic rings. The molecule has 6 rings (SSSR count). The van der Waals surface area contributed by atoms with E-state index in [0.29, 0.717) is 44.5 Å². The fourth-order valence-electron chi connectivity index (χ4n) is 8.80. The Hall–Kier alpha value is -15.2. The van der Waals surface area contributed by atoms with Gasteiger partial charge < -0.3 is 82.5 Å². The predicted octanol–water partition coefficient (Wildman–Crippen LogP) is 18.5. The number of anilines is 3. The number of benzene rings is 5. The first kappa shape index (κ1) is 144. The summed E-state index contributed by atoms with van der Waals surface area (Å²) in [5, 5.41) is 36.4. The van der Waals surface area contributed by atoms with Crippen LogP contribution in [0.3, 0.4) is 0 Å². The second-order valence-corrected chi connectivity index (χ2v) is 28.4. The van der Waals surface area contributed by atoms with Crippen LogP contribution in [-0.4, -0.2) is 172 Å². The van der Waals surface area contributed by atoms with Crippen molar-refractivity contribution in [2.24, 2.45) is 11.7 Å². The molecule has 1 saturated carbocycles. The Morgan fingerprint density at radius 1 is 0.482 bits per heavy atom. The van der Waals surface area contributed by atoms with Crippen LogP contribution in [0.15, 0.2) is 318 Å². The number of aliphatic hydroxyl groups excluding tert-OH is 1. The van der Waals surface area contributed by atoms with E-state index >= 15 is 0 Å². The summed E-state index contributed by atoms with van der Waals surface area (Å²) in [6.45, 7) is 76.7. The van der Waals surface area contributed by atoms with E-state index in [2.05, 4.69) is 189 Å². The molecule has 11 amide bonds. The normalized spacial score (nSPS) is 9.66. The molecule has 1 fully saturated rings. The highest BCUT2D eigenvalue weighted by Gasteiger charge is 2.15. The number of ether oxygens (including phenoxy) is 4. The van der Waals surface area contributed by atoms with Gasteiger partial charge in [-0.15, -0.1) is 19.7 Å². The minimum atomic E-state index is -0.481. The first-order valence-corrected chi connectivity index (χ1v) is 44.7. The molecule has 5 aromatic carbocycles. The fourth-order valence-corrected chi connectivity index (χ4v) is 8.80. The van der Waals surface area contributed by atoms with Gasteiger partial charge in [0.25, 0.3) is 0 Å². The number of rotatable bonds is 35. The van der Waals surface area contributed by atoms with Crippen molar-refractivity contribution in [1.82, 2.24) is 36.8 Å². The van der Waals surface area contributed by atoms with E-state index in [1.807, 2.05) is 157 Å². The maximum absolute atomic E-state index is 11.2. The third-order valence-electron chi connectivity index (χ3n) is 15.3. The molecule has 139 heavy (non-hydrogen) atoms. The summed E-state index contributed by atoms with van der Waals surface area (Å²) < 4.78 is 18.0. The van der Waals surface area contributed by atoms with Crippen LogP contribution >= 0.6 is 0 Å². The lowest BCUT2D eigenvalue weighted by molar-refractivity contribution is -0.143. The lowest BCUT2D eigenvalue weighted by atomic mass is 9.95. The number of likely N-dealkylation sites (N-methyl/N-ethyl adjacent to an activating group) is 1. The highest BCUT2D eigenvalue weighted by molar-refractivity contribution is 6.06. The predicted molar refractivity (Wildman–Crippen MR) is 574 cm³/mol. The Morgan fingerprint density at radius 2 is 0.928 bits per heavy atom. The van der Waals surface area contributed by atoms with Gasteiger partial charge in [-0.1, -0.05) is 254 Å². The van der Waals surface area contributed by atoms with Crippen LogP contribution in [0.5, 0.6) is 0 Å². The number of primary amides is 1. The van der Waals surface area contributed by atoms with Crippen LogP contribution in [0.4, 0.5) is 17.1 Å². The molecule has 30 heteroatoms. The van der Waals surface area contributed by atoms with E-state index in [1.54, 1.807) is 39.2 Å². The van der Waals surface area contributed by atoms with Crippen molar-refractivity contribution in [3.63, 3.8) is 0 Å². The molecule has 1 aliphatic carbocycles. The number of allylic oxidation sites excluding steroid dienone is 3. The van der Waals surface area contributed by atoms with Crippen LogP contribution in [0.2, 0.25) is 0 Å². The van der Waals surface area contributed by atoms with Crippen molar-refractivity contribution in [1.29, 1.82) is 0 Å². The van der Waals surface area contributed by atoms with Gasteiger partial charge in [-0.3, -0.25) is 67.1 Å². The molecule has 768 valence electrons. The molecule has 0 radical (unpaired) electrons. The largest absolute Gasteiger partial charge is 0.502 e. The SMILES string of the molecule is C=CC.C=CC.C=CC.C=CC(=O)N(C)C.C=CC(=O)NC(C)(C)C.C=CC(=O)NC1CCCCC1.C=CC(=O)NCC(=O)OC.C=CC(=O)NCC(CC)CCCC.C=CC(=O)NCCCC(=O)OCC.C=CC(=O)NCCO.C=CC(=O)Nc1ccc2ccccc2c1.C=CC(=O)Nc1cccc2ccccc12.C=CC(=O)Nc1ccccc1.C=CC(N)=O.C=COC(C)=O.C=COCCCC. The number of carbonyl (C=O) groups excluding carboxylic acids is 14. The second kappa shape index (κ2) is 106. The Labute approximate surface area is 829 Å². The van der Waals surface area contributed by atoms with E-state index in [4.69, 9.17) is 14.6 Å². The van der Waals surface area contributed by atoms with Gasteiger partial charge in [0.2, 0.25) is 65.0 Å². The minimum Gasteiger partial charge on any atom is -0.502 e. The Morgan fingerprint density at radius 3 is 1.33 bits per heavy atom. The molecule has 1 aliphatic rings. The van der Waals surface area contributed by atoms with Crippen LogP contribution < -0.4 is 53.6 Å². The summed E-state index contributed by atoms with van der Waals surface area (Å²) in [4.78, 5) is 149. The van der Waals surface area contributed by atoms with Crippen molar-refractivity contribution in [3.8, 4) is 0 Å². The minimum absolute atomic E-state index is 0.0282. The molecule has 1 atom stereocenters. The van der Waals surface area contributed by atoms with Crippen molar-refractivity contribution < 1.29 is 91.2 Å². The zero-order chi connectivity index (χ0) is 108. The Bertz CT molecular complexity index is 4380. The van der Waals surface area contributed by atoms with Gasteiger partial charge in [0.15, 0.2) is 0 Å². The number of hydrogen-bond donors (Lipinski definition) is 11. The summed E-state index contributed by atoms with van der Waals surface area (Å²) in [5.41, 5.74) is 6.78.